The summed E-state index contributed by atoms with van der Waals surface area (Å²) in [4.78, 5) is 35.9. The summed E-state index contributed by atoms with van der Waals surface area (Å²) in [5.41, 5.74) is 34.8. The van der Waals surface area contributed by atoms with E-state index in [-0.39, 0.29) is 0 Å². The average Bonchev–Trinajstić information content (AvgIpc) is 1.61. The molecule has 9 aromatic heterocycles. The van der Waals surface area contributed by atoms with Crippen LogP contribution in [0.1, 0.15) is 0 Å². The van der Waals surface area contributed by atoms with Gasteiger partial charge in [0, 0.05) is 121 Å². The highest BCUT2D eigenvalue weighted by Crippen LogP contribution is 2.45. The van der Waals surface area contributed by atoms with E-state index in [1.54, 1.807) is 0 Å². The van der Waals surface area contributed by atoms with E-state index >= 15 is 0 Å². The van der Waals surface area contributed by atoms with E-state index in [0.29, 0.717) is 17.5 Å². The van der Waals surface area contributed by atoms with Crippen LogP contribution in [0.15, 0.2) is 546 Å². The Bertz CT molecular complexity index is 9390. The van der Waals surface area contributed by atoms with E-state index in [1.807, 2.05) is 103 Å². The van der Waals surface area contributed by atoms with Crippen molar-refractivity contribution in [3.63, 3.8) is 0 Å². The van der Waals surface area contributed by atoms with Gasteiger partial charge in [-0.3, -0.25) is 4.57 Å². The van der Waals surface area contributed by atoms with Crippen molar-refractivity contribution in [1.82, 2.24) is 57.7 Å². The largest absolute Gasteiger partial charge is 0.309 e. The van der Waals surface area contributed by atoms with Gasteiger partial charge in [0.15, 0.2) is 17.5 Å². The highest BCUT2D eigenvalue weighted by Gasteiger charge is 2.25. The molecule has 20 aromatic carbocycles. The summed E-state index contributed by atoms with van der Waals surface area (Å²) in [5, 5.41) is 12.3. The second-order valence-corrected chi connectivity index (χ2v) is 37.4. The van der Waals surface area contributed by atoms with Gasteiger partial charge < -0.3 is 18.3 Å². The zero-order valence-electron chi connectivity index (χ0n) is 80.8. The smallest absolute Gasteiger partial charge is 0.160 e. The number of aromatic nitrogens is 12. The van der Waals surface area contributed by atoms with Gasteiger partial charge in [0.1, 0.15) is 5.82 Å². The van der Waals surface area contributed by atoms with Crippen LogP contribution in [-0.2, 0) is 0 Å². The summed E-state index contributed by atoms with van der Waals surface area (Å²) in [6.07, 6.45) is 0. The number of pyridine rings is 1. The van der Waals surface area contributed by atoms with Crippen LogP contribution in [0.2, 0.25) is 0 Å². The third kappa shape index (κ3) is 16.3. The topological polar surface area (TPSA) is 115 Å². The minimum atomic E-state index is 0.669. The lowest BCUT2D eigenvalue weighted by molar-refractivity contribution is 1.07. The third-order valence-corrected chi connectivity index (χ3v) is 28.5. The van der Waals surface area contributed by atoms with Crippen molar-refractivity contribution in [1.29, 1.82) is 0 Å². The first-order valence-corrected chi connectivity index (χ1v) is 50.3. The minimum Gasteiger partial charge on any atom is -0.309 e. The highest BCUT2D eigenvalue weighted by atomic mass is 15.1. The van der Waals surface area contributed by atoms with Crippen molar-refractivity contribution in [3.05, 3.63) is 546 Å². The van der Waals surface area contributed by atoms with Crippen molar-refractivity contribution >= 4 is 109 Å². The van der Waals surface area contributed by atoms with E-state index in [1.165, 1.54) is 98.2 Å². The lowest BCUT2D eigenvalue weighted by atomic mass is 10.0. The molecule has 9 heterocycles. The van der Waals surface area contributed by atoms with Crippen molar-refractivity contribution < 1.29 is 0 Å². The Hall–Kier alpha value is -20.2. The molecule has 29 aromatic rings. The Morgan fingerprint density at radius 3 is 0.638 bits per heavy atom. The SMILES string of the molecule is c1ccc(-c2cc(-c3cc(-n4c5ccccc5c5ccccc54)cc(-n4c5ccccc5c5ccccc54)c3)nc(-c3ccccc3)n2)cc1.c1ccc(-c2ccc3c(c2)c2cc(-c4ccccc4)ccc2n3-c2cccc(-c3cc(-c4ccccc4)nc(-c4ccccc4)n3)n2)cc1.c1ccc(-c2nc(-c3ccc(-n4c5ccccc5c5ccccc54)cc3)cc(-c3ccc(-n4c5ccccc5c5ccccc54)cc3)n2)cc1. The molecule has 0 spiro atoms. The van der Waals surface area contributed by atoms with Crippen LogP contribution >= 0.6 is 0 Å². The van der Waals surface area contributed by atoms with Gasteiger partial charge in [-0.15, -0.1) is 0 Å². The van der Waals surface area contributed by atoms with Gasteiger partial charge in [-0.25, -0.2) is 34.9 Å². The summed E-state index contributed by atoms with van der Waals surface area (Å²) in [6, 6.07) is 192. The van der Waals surface area contributed by atoms with Crippen LogP contribution in [0.25, 0.3) is 262 Å². The molecule has 0 aliphatic rings. The average molecular weight is 1900 g/mol. The Balaban J connectivity index is 0.000000110. The number of nitrogens with zero attached hydrogens (tertiary/aromatic N) is 12. The van der Waals surface area contributed by atoms with E-state index in [4.69, 9.17) is 34.9 Å². The number of fused-ring (bicyclic) bond motifs is 15. The fraction of sp³-hybridized carbons (Fsp3) is 0. The van der Waals surface area contributed by atoms with Crippen LogP contribution in [0, 0.1) is 0 Å². The molecule has 0 radical (unpaired) electrons. The minimum absolute atomic E-state index is 0.669. The Morgan fingerprint density at radius 1 is 0.107 bits per heavy atom. The fourth-order valence-electron chi connectivity index (χ4n) is 21.5. The van der Waals surface area contributed by atoms with Crippen molar-refractivity contribution in [3.8, 4) is 153 Å². The maximum Gasteiger partial charge on any atom is 0.160 e. The van der Waals surface area contributed by atoms with Crippen LogP contribution in [0.5, 0.6) is 0 Å². The van der Waals surface area contributed by atoms with Crippen LogP contribution in [-0.4, -0.2) is 57.7 Å². The first-order chi connectivity index (χ1) is 73.9. The highest BCUT2D eigenvalue weighted by molar-refractivity contribution is 6.15. The number of hydrogen-bond acceptors (Lipinski definition) is 7. The number of benzene rings is 20. The molecule has 29 rings (SSSR count). The molecule has 12 nitrogen and oxygen atoms in total. The first kappa shape index (κ1) is 87.8. The molecule has 0 bridgehead atoms. The molecular weight excluding hydrogens is 1810 g/mol. The molecule has 0 saturated carbocycles. The molecule has 0 atom stereocenters. The predicted octanol–water partition coefficient (Wildman–Crippen LogP) is 34.6. The monoisotopic (exact) mass is 1900 g/mol. The summed E-state index contributed by atoms with van der Waals surface area (Å²) in [6.45, 7) is 0. The van der Waals surface area contributed by atoms with Gasteiger partial charge in [0.2, 0.25) is 0 Å². The van der Waals surface area contributed by atoms with Crippen LogP contribution < -0.4 is 0 Å². The maximum absolute atomic E-state index is 5.29. The van der Waals surface area contributed by atoms with Gasteiger partial charge in [0.05, 0.1) is 95.0 Å². The lowest BCUT2D eigenvalue weighted by Gasteiger charge is -2.16. The molecule has 149 heavy (non-hydrogen) atoms. The van der Waals surface area contributed by atoms with E-state index in [0.717, 1.165) is 146 Å². The predicted molar refractivity (Wildman–Crippen MR) is 615 cm³/mol. The second-order valence-electron chi connectivity index (χ2n) is 37.4. The number of para-hydroxylation sites is 8. The molecule has 12 heteroatoms. The van der Waals surface area contributed by atoms with Crippen molar-refractivity contribution in [2.75, 3.05) is 0 Å². The molecule has 0 aliphatic heterocycles. The first-order valence-electron chi connectivity index (χ1n) is 50.3. The molecule has 0 N–H and O–H groups in total. The van der Waals surface area contributed by atoms with Gasteiger partial charge in [-0.1, -0.05) is 400 Å². The molecule has 0 fully saturated rings. The maximum atomic E-state index is 5.29. The number of rotatable bonds is 16. The van der Waals surface area contributed by atoms with Gasteiger partial charge in [0.25, 0.3) is 0 Å². The van der Waals surface area contributed by atoms with E-state index < -0.39 is 0 Å². The second kappa shape index (κ2) is 37.9. The van der Waals surface area contributed by atoms with E-state index in [9.17, 15) is 0 Å². The standard InChI is InChI=1S/2C46H30N4.C45H30N4/c1-3-15-31(16-4-1)40-30-41(48-46(47-40)32-17-5-2-6-18-32)33-27-34(49-42-23-11-7-19-36(42)37-20-8-12-24-43(37)49)29-35(28-33)50-44-25-13-9-21-38(44)39-22-10-14-26-45(39)50;1-2-12-33(13-3-1)46-47-40(31-22-26-34(27-23-31)49-42-18-8-4-14-36(42)37-15-5-9-19-43(37)49)30-41(48-46)32-24-28-35(29-25-32)50-44-20-10-6-16-38(44)39-17-7-11-21-45(39)50;1-5-14-31(15-6-1)35-24-26-42-37(28-35)38-29-36(32-16-7-2-8-17-32)25-27-43(38)49(42)44-23-13-22-39(46-44)41-30-40(33-18-9-3-10-19-33)47-45(48-41)34-20-11-4-12-21-34/h2*1-30H;1-30H. The van der Waals surface area contributed by atoms with Crippen LogP contribution in [0.3, 0.4) is 0 Å². The fourth-order valence-corrected chi connectivity index (χ4v) is 21.5. The molecule has 698 valence electrons. The molecule has 0 aliphatic carbocycles. The van der Waals surface area contributed by atoms with Gasteiger partial charge >= 0.3 is 0 Å². The van der Waals surface area contributed by atoms with E-state index in [2.05, 4.69) is 466 Å². The number of hydrogen-bond donors (Lipinski definition) is 0. The molecule has 0 saturated heterocycles. The molecule has 0 unspecified atom stereocenters. The quantitative estimate of drug-likeness (QED) is 0.0946. The van der Waals surface area contributed by atoms with Crippen molar-refractivity contribution in [2.45, 2.75) is 0 Å². The van der Waals surface area contributed by atoms with Gasteiger partial charge in [-0.05, 0) is 168 Å². The molecule has 0 amide bonds. The Labute approximate surface area is 859 Å². The lowest BCUT2D eigenvalue weighted by Crippen LogP contribution is -2.01. The summed E-state index contributed by atoms with van der Waals surface area (Å²) in [5.74, 6) is 2.90. The third-order valence-electron chi connectivity index (χ3n) is 28.5. The van der Waals surface area contributed by atoms with Crippen molar-refractivity contribution in [2.24, 2.45) is 0 Å². The zero-order chi connectivity index (χ0) is 98.6. The summed E-state index contributed by atoms with van der Waals surface area (Å²) >= 11 is 0. The van der Waals surface area contributed by atoms with Crippen LogP contribution in [0.4, 0.5) is 0 Å². The Morgan fingerprint density at radius 2 is 0.336 bits per heavy atom. The normalized spacial score (nSPS) is 11.5. The summed E-state index contributed by atoms with van der Waals surface area (Å²) < 4.78 is 11.7. The zero-order valence-corrected chi connectivity index (χ0v) is 80.8. The Kier molecular flexibility index (Phi) is 22.3. The van der Waals surface area contributed by atoms with Gasteiger partial charge in [-0.2, -0.15) is 0 Å². The summed E-state index contributed by atoms with van der Waals surface area (Å²) in [7, 11) is 0. The molecular formula is C137H90N12.